The van der Waals surface area contributed by atoms with Crippen LogP contribution in [0.3, 0.4) is 0 Å². The molecule has 0 saturated heterocycles. The van der Waals surface area contributed by atoms with E-state index >= 15 is 0 Å². The molecule has 108 valence electrons. The molecule has 1 amide bonds. The molecule has 3 unspecified atom stereocenters. The number of amides is 1. The van der Waals surface area contributed by atoms with Gasteiger partial charge >= 0.3 is 0 Å². The lowest BCUT2D eigenvalue weighted by Gasteiger charge is -2.13. The number of para-hydroxylation sites is 1. The van der Waals surface area contributed by atoms with Gasteiger partial charge in [-0.3, -0.25) is 4.79 Å². The molecular weight excluding hydrogens is 262 g/mol. The second-order valence-electron chi connectivity index (χ2n) is 5.61. The van der Waals surface area contributed by atoms with E-state index in [1.54, 1.807) is 6.92 Å². The van der Waals surface area contributed by atoms with Crippen LogP contribution in [0.1, 0.15) is 36.5 Å². The van der Waals surface area contributed by atoms with Crippen LogP contribution < -0.4 is 5.32 Å². The van der Waals surface area contributed by atoms with E-state index in [1.807, 2.05) is 42.5 Å². The van der Waals surface area contributed by atoms with Crippen LogP contribution in [0.2, 0.25) is 0 Å². The zero-order valence-electron chi connectivity index (χ0n) is 12.0. The van der Waals surface area contributed by atoms with Crippen LogP contribution in [0.4, 0.5) is 5.69 Å². The van der Waals surface area contributed by atoms with Crippen LogP contribution in [0.5, 0.6) is 0 Å². The van der Waals surface area contributed by atoms with Gasteiger partial charge in [0.15, 0.2) is 0 Å². The monoisotopic (exact) mass is 281 g/mol. The summed E-state index contributed by atoms with van der Waals surface area (Å²) in [4.78, 5) is 12.3. The lowest BCUT2D eigenvalue weighted by molar-refractivity contribution is -0.117. The van der Waals surface area contributed by atoms with Gasteiger partial charge in [-0.05, 0) is 30.9 Å². The standard InChI is InChI=1S/C18H19NO2/c1-12(20)14-9-5-6-10-17(14)19-18(21)16-11-15(16)13-7-3-2-4-8-13/h2-10,12,15-16,20H,11H2,1H3,(H,19,21). The predicted molar refractivity (Wildman–Crippen MR) is 83.0 cm³/mol. The van der Waals surface area contributed by atoms with Crippen molar-refractivity contribution in [3.05, 3.63) is 65.7 Å². The van der Waals surface area contributed by atoms with Gasteiger partial charge in [-0.25, -0.2) is 0 Å². The molecule has 3 heteroatoms. The topological polar surface area (TPSA) is 49.3 Å². The zero-order valence-corrected chi connectivity index (χ0v) is 12.0. The molecule has 1 aliphatic rings. The van der Waals surface area contributed by atoms with E-state index in [2.05, 4.69) is 17.4 Å². The quantitative estimate of drug-likeness (QED) is 0.901. The molecule has 0 heterocycles. The Morgan fingerprint density at radius 2 is 1.81 bits per heavy atom. The molecule has 2 aromatic carbocycles. The van der Waals surface area contributed by atoms with E-state index in [4.69, 9.17) is 0 Å². The van der Waals surface area contributed by atoms with Crippen molar-refractivity contribution in [2.24, 2.45) is 5.92 Å². The molecule has 0 spiro atoms. The highest BCUT2D eigenvalue weighted by atomic mass is 16.3. The summed E-state index contributed by atoms with van der Waals surface area (Å²) in [5.41, 5.74) is 2.68. The van der Waals surface area contributed by atoms with E-state index in [0.717, 1.165) is 12.0 Å². The van der Waals surface area contributed by atoms with Crippen molar-refractivity contribution < 1.29 is 9.90 Å². The summed E-state index contributed by atoms with van der Waals surface area (Å²) in [6.07, 6.45) is 0.304. The third kappa shape index (κ3) is 2.98. The lowest BCUT2D eigenvalue weighted by Crippen LogP contribution is -2.16. The minimum atomic E-state index is -0.592. The van der Waals surface area contributed by atoms with Gasteiger partial charge in [0.2, 0.25) is 5.91 Å². The maximum Gasteiger partial charge on any atom is 0.228 e. The second-order valence-corrected chi connectivity index (χ2v) is 5.61. The Morgan fingerprint density at radius 1 is 1.14 bits per heavy atom. The van der Waals surface area contributed by atoms with Gasteiger partial charge in [0.1, 0.15) is 0 Å². The van der Waals surface area contributed by atoms with Gasteiger partial charge in [0.05, 0.1) is 6.10 Å². The summed E-state index contributed by atoms with van der Waals surface area (Å²) >= 11 is 0. The van der Waals surface area contributed by atoms with Crippen LogP contribution >= 0.6 is 0 Å². The fourth-order valence-corrected chi connectivity index (χ4v) is 2.75. The number of benzene rings is 2. The average Bonchev–Trinajstić information content (AvgIpc) is 3.29. The third-order valence-corrected chi connectivity index (χ3v) is 4.02. The first-order valence-electron chi connectivity index (χ1n) is 7.29. The van der Waals surface area contributed by atoms with Crippen molar-refractivity contribution in [1.82, 2.24) is 0 Å². The fourth-order valence-electron chi connectivity index (χ4n) is 2.75. The molecule has 0 aliphatic heterocycles. The van der Waals surface area contributed by atoms with E-state index in [0.29, 0.717) is 11.6 Å². The van der Waals surface area contributed by atoms with Gasteiger partial charge in [0, 0.05) is 17.2 Å². The molecule has 0 radical (unpaired) electrons. The summed E-state index contributed by atoms with van der Waals surface area (Å²) < 4.78 is 0. The highest BCUT2D eigenvalue weighted by Crippen LogP contribution is 2.48. The molecule has 0 aromatic heterocycles. The maximum atomic E-state index is 12.3. The Kier molecular flexibility index (Phi) is 3.76. The average molecular weight is 281 g/mol. The Hall–Kier alpha value is -2.13. The van der Waals surface area contributed by atoms with Gasteiger partial charge in [0.25, 0.3) is 0 Å². The highest BCUT2D eigenvalue weighted by molar-refractivity contribution is 5.95. The lowest BCUT2D eigenvalue weighted by atomic mass is 10.1. The Labute approximate surface area is 124 Å². The second kappa shape index (κ2) is 5.70. The van der Waals surface area contributed by atoms with Crippen LogP contribution in [0, 0.1) is 5.92 Å². The number of aliphatic hydroxyl groups excluding tert-OH is 1. The number of hydrogen-bond acceptors (Lipinski definition) is 2. The molecule has 0 bridgehead atoms. The third-order valence-electron chi connectivity index (χ3n) is 4.02. The molecule has 1 fully saturated rings. The Morgan fingerprint density at radius 3 is 2.52 bits per heavy atom. The van der Waals surface area contributed by atoms with Gasteiger partial charge in [-0.1, -0.05) is 48.5 Å². The molecule has 3 rings (SSSR count). The SMILES string of the molecule is CC(O)c1ccccc1NC(=O)C1CC1c1ccccc1. The normalized spacial score (nSPS) is 21.6. The number of carbonyl (C=O) groups is 1. The number of hydrogen-bond donors (Lipinski definition) is 2. The number of nitrogens with one attached hydrogen (secondary N) is 1. The number of carbonyl (C=O) groups excluding carboxylic acids is 1. The first-order chi connectivity index (χ1) is 10.2. The summed E-state index contributed by atoms with van der Waals surface area (Å²) in [7, 11) is 0. The minimum absolute atomic E-state index is 0.0365. The molecule has 1 saturated carbocycles. The Bertz CT molecular complexity index is 637. The molecule has 3 atom stereocenters. The van der Waals surface area contributed by atoms with E-state index in [9.17, 15) is 9.90 Å². The van der Waals surface area contributed by atoms with Crippen molar-refractivity contribution in [3.63, 3.8) is 0 Å². The molecular formula is C18H19NO2. The summed E-state index contributed by atoms with van der Waals surface area (Å²) in [5, 5.41) is 12.7. The largest absolute Gasteiger partial charge is 0.389 e. The first kappa shape index (κ1) is 13.8. The van der Waals surface area contributed by atoms with Gasteiger partial charge in [-0.15, -0.1) is 0 Å². The number of rotatable bonds is 4. The molecule has 21 heavy (non-hydrogen) atoms. The van der Waals surface area contributed by atoms with Gasteiger partial charge in [-0.2, -0.15) is 0 Å². The van der Waals surface area contributed by atoms with Crippen molar-refractivity contribution >= 4 is 11.6 Å². The van der Waals surface area contributed by atoms with Crippen LogP contribution in [-0.2, 0) is 4.79 Å². The number of anilines is 1. The predicted octanol–water partition coefficient (Wildman–Crippen LogP) is 3.48. The Balaban J connectivity index is 1.69. The molecule has 1 aliphatic carbocycles. The van der Waals surface area contributed by atoms with Crippen LogP contribution in [0.25, 0.3) is 0 Å². The fraction of sp³-hybridized carbons (Fsp3) is 0.278. The first-order valence-corrected chi connectivity index (χ1v) is 7.29. The summed E-state index contributed by atoms with van der Waals surface area (Å²) in [6, 6.07) is 17.5. The van der Waals surface area contributed by atoms with E-state index in [1.165, 1.54) is 5.56 Å². The van der Waals surface area contributed by atoms with Crippen LogP contribution in [0.15, 0.2) is 54.6 Å². The smallest absolute Gasteiger partial charge is 0.228 e. The van der Waals surface area contributed by atoms with Crippen molar-refractivity contribution in [3.8, 4) is 0 Å². The van der Waals surface area contributed by atoms with E-state index < -0.39 is 6.10 Å². The van der Waals surface area contributed by atoms with Crippen molar-refractivity contribution in [2.75, 3.05) is 5.32 Å². The number of aliphatic hydroxyl groups is 1. The van der Waals surface area contributed by atoms with Crippen molar-refractivity contribution in [1.29, 1.82) is 0 Å². The summed E-state index contributed by atoms with van der Waals surface area (Å²) in [6.45, 7) is 1.70. The molecule has 2 N–H and O–H groups in total. The van der Waals surface area contributed by atoms with E-state index in [-0.39, 0.29) is 11.8 Å². The summed E-state index contributed by atoms with van der Waals surface area (Å²) in [5.74, 6) is 0.399. The zero-order chi connectivity index (χ0) is 14.8. The van der Waals surface area contributed by atoms with Gasteiger partial charge < -0.3 is 10.4 Å². The van der Waals surface area contributed by atoms with Crippen molar-refractivity contribution in [2.45, 2.75) is 25.4 Å². The molecule has 2 aromatic rings. The maximum absolute atomic E-state index is 12.3. The van der Waals surface area contributed by atoms with Crippen LogP contribution in [-0.4, -0.2) is 11.0 Å². The minimum Gasteiger partial charge on any atom is -0.389 e. The highest BCUT2D eigenvalue weighted by Gasteiger charge is 2.43. The molecule has 3 nitrogen and oxygen atoms in total.